The van der Waals surface area contributed by atoms with E-state index >= 15 is 0 Å². The summed E-state index contributed by atoms with van der Waals surface area (Å²) in [4.78, 5) is 40.0. The van der Waals surface area contributed by atoms with Gasteiger partial charge in [-0.1, -0.05) is 44.5 Å². The van der Waals surface area contributed by atoms with Crippen LogP contribution in [0.3, 0.4) is 0 Å². The number of hydrogen-bond acceptors (Lipinski definition) is 5. The molecule has 0 bridgehead atoms. The normalized spacial score (nSPS) is 19.9. The highest BCUT2D eigenvalue weighted by atomic mass is 35.5. The Morgan fingerprint density at radius 3 is 2.28 bits per heavy atom. The van der Waals surface area contributed by atoms with E-state index in [-0.39, 0.29) is 25.4 Å². The average Bonchev–Trinajstić information content (AvgIpc) is 3.04. The van der Waals surface area contributed by atoms with E-state index in [9.17, 15) is 19.5 Å². The maximum Gasteiger partial charge on any atom is 0.408 e. The summed E-state index contributed by atoms with van der Waals surface area (Å²) in [5.41, 5.74) is -0.506. The Bertz CT molecular complexity index is 830. The van der Waals surface area contributed by atoms with E-state index in [1.807, 2.05) is 20.8 Å². The topological polar surface area (TPSA) is 108 Å². The number of benzene rings is 1. The van der Waals surface area contributed by atoms with E-state index in [1.165, 1.54) is 4.90 Å². The first-order valence-corrected chi connectivity index (χ1v) is 11.1. The van der Waals surface area contributed by atoms with E-state index < -0.39 is 41.2 Å². The van der Waals surface area contributed by atoms with Crippen LogP contribution < -0.4 is 10.6 Å². The van der Waals surface area contributed by atoms with E-state index in [0.29, 0.717) is 5.02 Å². The van der Waals surface area contributed by atoms with Crippen LogP contribution in [0.4, 0.5) is 4.79 Å². The number of hydrogen-bond donors (Lipinski definition) is 3. The van der Waals surface area contributed by atoms with Gasteiger partial charge in [-0.25, -0.2) is 4.79 Å². The van der Waals surface area contributed by atoms with E-state index in [4.69, 9.17) is 16.3 Å². The molecule has 1 aromatic rings. The molecule has 1 aromatic carbocycles. The van der Waals surface area contributed by atoms with Crippen molar-refractivity contribution in [3.05, 3.63) is 34.9 Å². The van der Waals surface area contributed by atoms with Gasteiger partial charge in [0.05, 0.1) is 6.10 Å². The molecule has 0 radical (unpaired) electrons. The van der Waals surface area contributed by atoms with Crippen molar-refractivity contribution in [1.82, 2.24) is 15.5 Å². The van der Waals surface area contributed by atoms with E-state index in [1.54, 1.807) is 45.0 Å². The van der Waals surface area contributed by atoms with Gasteiger partial charge in [-0.3, -0.25) is 9.59 Å². The van der Waals surface area contributed by atoms with Gasteiger partial charge in [0.15, 0.2) is 0 Å². The molecule has 8 nitrogen and oxygen atoms in total. The first-order chi connectivity index (χ1) is 14.7. The number of carbonyl (C=O) groups excluding carboxylic acids is 3. The van der Waals surface area contributed by atoms with Crippen LogP contribution in [0.25, 0.3) is 0 Å². The third-order valence-electron chi connectivity index (χ3n) is 5.02. The highest BCUT2D eigenvalue weighted by molar-refractivity contribution is 6.30. The highest BCUT2D eigenvalue weighted by Gasteiger charge is 2.44. The van der Waals surface area contributed by atoms with Crippen molar-refractivity contribution in [2.24, 2.45) is 5.41 Å². The number of halogens is 1. The van der Waals surface area contributed by atoms with Crippen molar-refractivity contribution < 1.29 is 24.2 Å². The van der Waals surface area contributed by atoms with Crippen molar-refractivity contribution in [1.29, 1.82) is 0 Å². The van der Waals surface area contributed by atoms with Crippen LogP contribution in [0.1, 0.15) is 53.5 Å². The second-order valence-electron chi connectivity index (χ2n) is 10.2. The molecule has 178 valence electrons. The van der Waals surface area contributed by atoms with Gasteiger partial charge < -0.3 is 25.4 Å². The van der Waals surface area contributed by atoms with Gasteiger partial charge >= 0.3 is 6.09 Å². The molecule has 1 heterocycles. The zero-order chi connectivity index (χ0) is 24.3. The quantitative estimate of drug-likeness (QED) is 0.617. The van der Waals surface area contributed by atoms with Gasteiger partial charge in [0.1, 0.15) is 17.7 Å². The molecule has 9 heteroatoms. The number of β-amino-alcohol motifs (C(OH)–C–C–N with tert-alkyl or cyclic N) is 1. The second-order valence-corrected chi connectivity index (χ2v) is 10.6. The number of aliphatic hydroxyl groups excluding tert-OH is 1. The molecule has 0 saturated carbocycles. The summed E-state index contributed by atoms with van der Waals surface area (Å²) < 4.78 is 5.31. The number of carbonyl (C=O) groups is 3. The Kier molecular flexibility index (Phi) is 8.17. The Balaban J connectivity index is 2.13. The monoisotopic (exact) mass is 467 g/mol. The number of amides is 3. The first kappa shape index (κ1) is 25.9. The lowest BCUT2D eigenvalue weighted by atomic mass is 9.85. The first-order valence-electron chi connectivity index (χ1n) is 10.7. The number of likely N-dealkylation sites (tertiary alicyclic amines) is 1. The number of alkyl carbamates (subject to hydrolysis) is 1. The SMILES string of the molecule is CC(C)(C)OC(=O)NC(C(=O)N1C[C@H](O)C[C@H]1C(=O)NCc1ccc(Cl)cc1)C(C)(C)C. The van der Waals surface area contributed by atoms with Crippen LogP contribution >= 0.6 is 11.6 Å². The molecule has 3 N–H and O–H groups in total. The van der Waals surface area contributed by atoms with Crippen molar-refractivity contribution >= 4 is 29.5 Å². The summed E-state index contributed by atoms with van der Waals surface area (Å²) in [6.45, 7) is 10.9. The number of aliphatic hydroxyl groups is 1. The summed E-state index contributed by atoms with van der Waals surface area (Å²) in [5.74, 6) is -0.804. The van der Waals surface area contributed by atoms with Gasteiger partial charge in [0.25, 0.3) is 0 Å². The van der Waals surface area contributed by atoms with Crippen LogP contribution in [0.2, 0.25) is 5.02 Å². The molecule has 1 fully saturated rings. The fourth-order valence-electron chi connectivity index (χ4n) is 3.46. The lowest BCUT2D eigenvalue weighted by Crippen LogP contribution is -2.58. The van der Waals surface area contributed by atoms with Crippen LogP contribution in [0.15, 0.2) is 24.3 Å². The zero-order valence-electron chi connectivity index (χ0n) is 19.6. The molecule has 0 spiro atoms. The Morgan fingerprint density at radius 2 is 1.75 bits per heavy atom. The smallest absolute Gasteiger partial charge is 0.408 e. The van der Waals surface area contributed by atoms with Crippen LogP contribution in [0.5, 0.6) is 0 Å². The lowest BCUT2D eigenvalue weighted by molar-refractivity contribution is -0.142. The van der Waals surface area contributed by atoms with Gasteiger partial charge in [0, 0.05) is 24.5 Å². The summed E-state index contributed by atoms with van der Waals surface area (Å²) >= 11 is 5.89. The minimum Gasteiger partial charge on any atom is -0.444 e. The lowest BCUT2D eigenvalue weighted by Gasteiger charge is -2.35. The predicted octanol–water partition coefficient (Wildman–Crippen LogP) is 2.86. The third kappa shape index (κ3) is 7.38. The van der Waals surface area contributed by atoms with Crippen LogP contribution in [-0.2, 0) is 20.9 Å². The van der Waals surface area contributed by atoms with Crippen LogP contribution in [0, 0.1) is 5.41 Å². The van der Waals surface area contributed by atoms with Crippen LogP contribution in [-0.4, -0.2) is 58.2 Å². The molecule has 1 aliphatic heterocycles. The molecule has 3 atom stereocenters. The molecule has 1 aliphatic rings. The van der Waals surface area contributed by atoms with E-state index in [0.717, 1.165) is 5.56 Å². The molecule has 2 rings (SSSR count). The third-order valence-corrected chi connectivity index (χ3v) is 5.27. The van der Waals surface area contributed by atoms with Crippen molar-refractivity contribution in [3.8, 4) is 0 Å². The van der Waals surface area contributed by atoms with Gasteiger partial charge in [0.2, 0.25) is 11.8 Å². The van der Waals surface area contributed by atoms with Gasteiger partial charge in [-0.15, -0.1) is 0 Å². The Hall–Kier alpha value is -2.32. The minimum absolute atomic E-state index is 0.0143. The minimum atomic E-state index is -0.936. The summed E-state index contributed by atoms with van der Waals surface area (Å²) in [5, 5.41) is 16.3. The van der Waals surface area contributed by atoms with Crippen molar-refractivity contribution in [3.63, 3.8) is 0 Å². The zero-order valence-corrected chi connectivity index (χ0v) is 20.3. The highest BCUT2D eigenvalue weighted by Crippen LogP contribution is 2.26. The maximum atomic E-state index is 13.4. The number of rotatable bonds is 5. The Labute approximate surface area is 194 Å². The molecular weight excluding hydrogens is 434 g/mol. The van der Waals surface area contributed by atoms with Crippen molar-refractivity contribution in [2.75, 3.05) is 6.54 Å². The standard InChI is InChI=1S/C23H34ClN3O5/c1-22(2,3)18(26-21(31)32-23(4,5)6)20(30)27-13-16(28)11-17(27)19(29)25-12-14-7-9-15(24)10-8-14/h7-10,16-18,28H,11-13H2,1-6H3,(H,25,29)(H,26,31)/t16-,17+,18?/m1/s1. The molecule has 0 aliphatic carbocycles. The molecule has 1 unspecified atom stereocenters. The molecule has 1 saturated heterocycles. The van der Waals surface area contributed by atoms with Crippen molar-refractivity contribution in [2.45, 2.75) is 78.3 Å². The maximum absolute atomic E-state index is 13.4. The number of nitrogens with zero attached hydrogens (tertiary/aromatic N) is 1. The molecule has 0 aromatic heterocycles. The molecular formula is C23H34ClN3O5. The predicted molar refractivity (Wildman–Crippen MR) is 122 cm³/mol. The summed E-state index contributed by atoms with van der Waals surface area (Å²) in [6.07, 6.45) is -1.41. The van der Waals surface area contributed by atoms with Gasteiger partial charge in [-0.2, -0.15) is 0 Å². The molecule has 3 amide bonds. The fraction of sp³-hybridized carbons (Fsp3) is 0.609. The fourth-order valence-corrected chi connectivity index (χ4v) is 3.58. The number of ether oxygens (including phenoxy) is 1. The van der Waals surface area contributed by atoms with E-state index in [2.05, 4.69) is 10.6 Å². The number of nitrogens with one attached hydrogen (secondary N) is 2. The largest absolute Gasteiger partial charge is 0.444 e. The Morgan fingerprint density at radius 1 is 1.16 bits per heavy atom. The second kappa shape index (κ2) is 10.1. The van der Waals surface area contributed by atoms with Gasteiger partial charge in [-0.05, 0) is 43.9 Å². The average molecular weight is 468 g/mol. The molecule has 32 heavy (non-hydrogen) atoms. The summed E-state index contributed by atoms with van der Waals surface area (Å²) in [6, 6.07) is 5.29. The summed E-state index contributed by atoms with van der Waals surface area (Å²) in [7, 11) is 0.